The highest BCUT2D eigenvalue weighted by molar-refractivity contribution is 9.10. The summed E-state index contributed by atoms with van der Waals surface area (Å²) in [6.07, 6.45) is 1.06. The van der Waals surface area contributed by atoms with Gasteiger partial charge in [0.05, 0.1) is 18.7 Å². The van der Waals surface area contributed by atoms with Crippen LogP contribution in [0.3, 0.4) is 0 Å². The molecule has 1 heterocycles. The standard InChI is InChI=1S/C16H20BrNO2S/c1-4-13(15-6-5-7-21-15)18-10-11-8-12(17)16(20-3)14(9-11)19-2/h5-9,13,18H,4,10H2,1-3H3. The summed E-state index contributed by atoms with van der Waals surface area (Å²) in [7, 11) is 3.30. The topological polar surface area (TPSA) is 30.5 Å². The van der Waals surface area contributed by atoms with Crippen molar-refractivity contribution >= 4 is 27.3 Å². The number of benzene rings is 1. The van der Waals surface area contributed by atoms with Crippen LogP contribution in [0.5, 0.6) is 11.5 Å². The molecule has 21 heavy (non-hydrogen) atoms. The fourth-order valence-electron chi connectivity index (χ4n) is 2.25. The highest BCUT2D eigenvalue weighted by Gasteiger charge is 2.13. The van der Waals surface area contributed by atoms with E-state index in [0.29, 0.717) is 6.04 Å². The molecule has 0 saturated heterocycles. The van der Waals surface area contributed by atoms with E-state index in [1.807, 2.05) is 6.07 Å². The highest BCUT2D eigenvalue weighted by atomic mass is 79.9. The molecule has 1 aromatic carbocycles. The second-order valence-corrected chi connectivity index (χ2v) is 6.50. The zero-order chi connectivity index (χ0) is 15.2. The number of ether oxygens (including phenoxy) is 2. The maximum absolute atomic E-state index is 5.38. The minimum Gasteiger partial charge on any atom is -0.493 e. The molecule has 0 spiro atoms. The zero-order valence-electron chi connectivity index (χ0n) is 12.5. The lowest BCUT2D eigenvalue weighted by Crippen LogP contribution is -2.19. The van der Waals surface area contributed by atoms with Gasteiger partial charge in [-0.3, -0.25) is 0 Å². The lowest BCUT2D eigenvalue weighted by atomic mass is 10.1. The van der Waals surface area contributed by atoms with Crippen LogP contribution in [-0.2, 0) is 6.54 Å². The van der Waals surface area contributed by atoms with E-state index in [1.165, 1.54) is 4.88 Å². The molecule has 0 saturated carbocycles. The van der Waals surface area contributed by atoms with E-state index in [4.69, 9.17) is 9.47 Å². The Labute approximate surface area is 138 Å². The maximum atomic E-state index is 5.38. The fraction of sp³-hybridized carbons (Fsp3) is 0.375. The average molecular weight is 370 g/mol. The first-order chi connectivity index (χ1) is 10.2. The van der Waals surface area contributed by atoms with Gasteiger partial charge in [-0.15, -0.1) is 11.3 Å². The molecule has 0 amide bonds. The molecule has 2 rings (SSSR count). The molecule has 0 radical (unpaired) electrons. The van der Waals surface area contributed by atoms with E-state index < -0.39 is 0 Å². The molecular weight excluding hydrogens is 350 g/mol. The molecule has 2 aromatic rings. The molecule has 0 aliphatic carbocycles. The summed E-state index contributed by atoms with van der Waals surface area (Å²) in [5.41, 5.74) is 1.16. The van der Waals surface area contributed by atoms with Crippen molar-refractivity contribution in [3.05, 3.63) is 44.6 Å². The number of halogens is 1. The monoisotopic (exact) mass is 369 g/mol. The Bertz CT molecular complexity index is 572. The van der Waals surface area contributed by atoms with Crippen molar-refractivity contribution in [2.24, 2.45) is 0 Å². The fourth-order valence-corrected chi connectivity index (χ4v) is 3.79. The molecule has 0 bridgehead atoms. The summed E-state index contributed by atoms with van der Waals surface area (Å²) in [6, 6.07) is 8.73. The SMILES string of the molecule is CCC(NCc1cc(Br)c(OC)c(OC)c1)c1cccs1. The number of hydrogen-bond donors (Lipinski definition) is 1. The van der Waals surface area contributed by atoms with Crippen molar-refractivity contribution in [2.45, 2.75) is 25.9 Å². The smallest absolute Gasteiger partial charge is 0.174 e. The molecule has 1 unspecified atom stereocenters. The summed E-state index contributed by atoms with van der Waals surface area (Å²) < 4.78 is 11.6. The van der Waals surface area contributed by atoms with Gasteiger partial charge in [-0.05, 0) is 51.5 Å². The Morgan fingerprint density at radius 2 is 2.10 bits per heavy atom. The molecule has 114 valence electrons. The molecule has 1 atom stereocenters. The molecule has 5 heteroatoms. The van der Waals surface area contributed by atoms with E-state index in [9.17, 15) is 0 Å². The minimum atomic E-state index is 0.386. The Balaban J connectivity index is 2.11. The number of thiophene rings is 1. The quantitative estimate of drug-likeness (QED) is 0.762. The van der Waals surface area contributed by atoms with Gasteiger partial charge in [-0.25, -0.2) is 0 Å². The Kier molecular flexibility index (Phi) is 6.08. The molecule has 1 N–H and O–H groups in total. The van der Waals surface area contributed by atoms with Gasteiger partial charge in [0.1, 0.15) is 0 Å². The zero-order valence-corrected chi connectivity index (χ0v) is 14.9. The van der Waals surface area contributed by atoms with Crippen LogP contribution in [0.1, 0.15) is 29.8 Å². The molecule has 0 aliphatic rings. The predicted octanol–water partition coefficient (Wildman–Crippen LogP) is 4.77. The van der Waals surface area contributed by atoms with Crippen LogP contribution in [0, 0.1) is 0 Å². The van der Waals surface area contributed by atoms with Gasteiger partial charge in [0, 0.05) is 17.5 Å². The normalized spacial score (nSPS) is 12.2. The Hall–Kier alpha value is -1.04. The van der Waals surface area contributed by atoms with Crippen LogP contribution in [-0.4, -0.2) is 14.2 Å². The minimum absolute atomic E-state index is 0.386. The van der Waals surface area contributed by atoms with Crippen molar-refractivity contribution in [3.63, 3.8) is 0 Å². The first kappa shape index (κ1) is 16.3. The van der Waals surface area contributed by atoms with E-state index in [2.05, 4.69) is 51.7 Å². The summed E-state index contributed by atoms with van der Waals surface area (Å²) in [6.45, 7) is 2.98. The van der Waals surface area contributed by atoms with E-state index in [-0.39, 0.29) is 0 Å². The van der Waals surface area contributed by atoms with Gasteiger partial charge >= 0.3 is 0 Å². The third kappa shape index (κ3) is 3.99. The summed E-state index contributed by atoms with van der Waals surface area (Å²) >= 11 is 5.32. The highest BCUT2D eigenvalue weighted by Crippen LogP contribution is 2.36. The van der Waals surface area contributed by atoms with Crippen LogP contribution in [0.4, 0.5) is 0 Å². The number of nitrogens with one attached hydrogen (secondary N) is 1. The van der Waals surface area contributed by atoms with Gasteiger partial charge < -0.3 is 14.8 Å². The largest absolute Gasteiger partial charge is 0.493 e. The van der Waals surface area contributed by atoms with Crippen molar-refractivity contribution in [3.8, 4) is 11.5 Å². The molecule has 0 fully saturated rings. The van der Waals surface area contributed by atoms with Crippen molar-refractivity contribution in [1.82, 2.24) is 5.32 Å². The lowest BCUT2D eigenvalue weighted by Gasteiger charge is -2.17. The summed E-state index contributed by atoms with van der Waals surface area (Å²) in [4.78, 5) is 1.37. The first-order valence-electron chi connectivity index (χ1n) is 6.86. The second-order valence-electron chi connectivity index (χ2n) is 4.67. The summed E-state index contributed by atoms with van der Waals surface area (Å²) in [5.74, 6) is 1.47. The van der Waals surface area contributed by atoms with Gasteiger partial charge in [-0.1, -0.05) is 13.0 Å². The Morgan fingerprint density at radius 3 is 2.67 bits per heavy atom. The van der Waals surface area contributed by atoms with Crippen LogP contribution in [0.15, 0.2) is 34.1 Å². The number of hydrogen-bond acceptors (Lipinski definition) is 4. The number of rotatable bonds is 7. The van der Waals surface area contributed by atoms with E-state index in [0.717, 1.165) is 34.5 Å². The Morgan fingerprint density at radius 1 is 1.29 bits per heavy atom. The molecule has 0 aliphatic heterocycles. The molecule has 3 nitrogen and oxygen atoms in total. The van der Waals surface area contributed by atoms with Gasteiger partial charge in [-0.2, -0.15) is 0 Å². The van der Waals surface area contributed by atoms with Crippen LogP contribution in [0.25, 0.3) is 0 Å². The number of methoxy groups -OCH3 is 2. The van der Waals surface area contributed by atoms with Crippen LogP contribution >= 0.6 is 27.3 Å². The summed E-state index contributed by atoms with van der Waals surface area (Å²) in [5, 5.41) is 5.72. The lowest BCUT2D eigenvalue weighted by molar-refractivity contribution is 0.352. The van der Waals surface area contributed by atoms with Gasteiger partial charge in [0.2, 0.25) is 0 Å². The van der Waals surface area contributed by atoms with Crippen molar-refractivity contribution < 1.29 is 9.47 Å². The van der Waals surface area contributed by atoms with Crippen molar-refractivity contribution in [2.75, 3.05) is 14.2 Å². The third-order valence-corrected chi connectivity index (χ3v) is 4.92. The van der Waals surface area contributed by atoms with E-state index >= 15 is 0 Å². The van der Waals surface area contributed by atoms with Crippen LogP contribution < -0.4 is 14.8 Å². The van der Waals surface area contributed by atoms with E-state index in [1.54, 1.807) is 25.6 Å². The van der Waals surface area contributed by atoms with Crippen LogP contribution in [0.2, 0.25) is 0 Å². The molecular formula is C16H20BrNO2S. The van der Waals surface area contributed by atoms with Crippen molar-refractivity contribution in [1.29, 1.82) is 0 Å². The van der Waals surface area contributed by atoms with Gasteiger partial charge in [0.25, 0.3) is 0 Å². The first-order valence-corrected chi connectivity index (χ1v) is 8.54. The third-order valence-electron chi connectivity index (χ3n) is 3.34. The molecule has 1 aromatic heterocycles. The average Bonchev–Trinajstić information content (AvgIpc) is 3.01. The predicted molar refractivity (Wildman–Crippen MR) is 91.4 cm³/mol. The van der Waals surface area contributed by atoms with Gasteiger partial charge in [0.15, 0.2) is 11.5 Å². The second kappa shape index (κ2) is 7.82. The maximum Gasteiger partial charge on any atom is 0.174 e.